The highest BCUT2D eigenvalue weighted by molar-refractivity contribution is 6.52. The summed E-state index contributed by atoms with van der Waals surface area (Å²) in [6.07, 6.45) is 1.02. The monoisotopic (exact) mass is 216 g/mol. The number of hydrogen-bond donors (Lipinski definition) is 2. The summed E-state index contributed by atoms with van der Waals surface area (Å²) < 4.78 is 0. The van der Waals surface area contributed by atoms with E-state index in [0.717, 1.165) is 6.42 Å². The summed E-state index contributed by atoms with van der Waals surface area (Å²) in [6.45, 7) is 1.84. The SMILES string of the molecule is CCCC(=O)O.O=C(O)C(Cl)Cl. The van der Waals surface area contributed by atoms with Crippen molar-refractivity contribution in [1.29, 1.82) is 0 Å². The second kappa shape index (κ2) is 8.62. The predicted octanol–water partition coefficient (Wildman–Crippen LogP) is 1.75. The fourth-order valence-corrected chi connectivity index (χ4v) is 0.214. The van der Waals surface area contributed by atoms with Gasteiger partial charge in [-0.15, -0.1) is 0 Å². The summed E-state index contributed by atoms with van der Waals surface area (Å²) in [5, 5.41) is 15.6. The van der Waals surface area contributed by atoms with E-state index in [0.29, 0.717) is 6.42 Å². The first-order chi connectivity index (χ1) is 5.41. The van der Waals surface area contributed by atoms with Gasteiger partial charge in [0.1, 0.15) is 0 Å². The van der Waals surface area contributed by atoms with Crippen molar-refractivity contribution in [2.75, 3.05) is 0 Å². The fourth-order valence-electron chi connectivity index (χ4n) is 0.214. The average molecular weight is 217 g/mol. The summed E-state index contributed by atoms with van der Waals surface area (Å²) in [4.78, 5) is 17.7. The summed E-state index contributed by atoms with van der Waals surface area (Å²) in [6, 6.07) is 0. The van der Waals surface area contributed by atoms with Gasteiger partial charge < -0.3 is 10.2 Å². The van der Waals surface area contributed by atoms with Crippen LogP contribution in [0, 0.1) is 0 Å². The minimum absolute atomic E-state index is 0.292. The summed E-state index contributed by atoms with van der Waals surface area (Å²) >= 11 is 9.56. The van der Waals surface area contributed by atoms with Crippen LogP contribution in [0.25, 0.3) is 0 Å². The number of rotatable bonds is 3. The van der Waals surface area contributed by atoms with E-state index < -0.39 is 16.8 Å². The highest BCUT2D eigenvalue weighted by Gasteiger charge is 2.05. The standard InChI is InChI=1S/C4H8O2.C2H2Cl2O2/c1-2-3-4(5)6;3-1(4)2(5)6/h2-3H2,1H3,(H,5,6);1H,(H,5,6). The third-order valence-electron chi connectivity index (χ3n) is 0.651. The Labute approximate surface area is 80.1 Å². The van der Waals surface area contributed by atoms with Crippen molar-refractivity contribution in [1.82, 2.24) is 0 Å². The first kappa shape index (κ1) is 14.1. The van der Waals surface area contributed by atoms with Crippen molar-refractivity contribution in [2.45, 2.75) is 24.6 Å². The second-order valence-corrected chi connectivity index (χ2v) is 2.88. The van der Waals surface area contributed by atoms with Crippen LogP contribution in [0.15, 0.2) is 0 Å². The molecule has 4 nitrogen and oxygen atoms in total. The third kappa shape index (κ3) is 16.3. The van der Waals surface area contributed by atoms with Gasteiger partial charge in [-0.1, -0.05) is 30.1 Å². The van der Waals surface area contributed by atoms with Gasteiger partial charge in [0.2, 0.25) is 4.84 Å². The van der Waals surface area contributed by atoms with E-state index in [9.17, 15) is 9.59 Å². The fraction of sp³-hybridized carbons (Fsp3) is 0.667. The maximum absolute atomic E-state index is 9.60. The molecule has 0 saturated carbocycles. The van der Waals surface area contributed by atoms with Crippen LogP contribution in [0.2, 0.25) is 0 Å². The smallest absolute Gasteiger partial charge is 0.337 e. The Morgan fingerprint density at radius 3 is 1.67 bits per heavy atom. The quantitative estimate of drug-likeness (QED) is 0.706. The van der Waals surface area contributed by atoms with Gasteiger partial charge in [-0.05, 0) is 6.42 Å². The van der Waals surface area contributed by atoms with Crippen molar-refractivity contribution in [3.8, 4) is 0 Å². The zero-order valence-electron chi connectivity index (χ0n) is 6.46. The molecule has 0 radical (unpaired) electrons. The molecule has 0 aliphatic rings. The van der Waals surface area contributed by atoms with E-state index in [4.69, 9.17) is 33.4 Å². The molecular weight excluding hydrogens is 207 g/mol. The zero-order valence-corrected chi connectivity index (χ0v) is 7.97. The molecule has 0 aliphatic carbocycles. The highest BCUT2D eigenvalue weighted by atomic mass is 35.5. The molecule has 0 saturated heterocycles. The molecule has 2 N–H and O–H groups in total. The topological polar surface area (TPSA) is 74.6 Å². The normalized spacial score (nSPS) is 8.67. The number of carbonyl (C=O) groups is 2. The van der Waals surface area contributed by atoms with E-state index in [-0.39, 0.29) is 0 Å². The minimum atomic E-state index is -1.29. The second-order valence-electron chi connectivity index (χ2n) is 1.78. The Balaban J connectivity index is 0. The molecule has 0 amide bonds. The Morgan fingerprint density at radius 2 is 1.67 bits per heavy atom. The van der Waals surface area contributed by atoms with Gasteiger partial charge in [-0.3, -0.25) is 4.79 Å². The van der Waals surface area contributed by atoms with Crippen molar-refractivity contribution < 1.29 is 19.8 Å². The zero-order chi connectivity index (χ0) is 10.1. The third-order valence-corrected chi connectivity index (χ3v) is 1.02. The van der Waals surface area contributed by atoms with Gasteiger partial charge in [0, 0.05) is 6.42 Å². The van der Waals surface area contributed by atoms with E-state index >= 15 is 0 Å². The lowest BCUT2D eigenvalue weighted by molar-refractivity contribution is -0.137. The number of alkyl halides is 2. The van der Waals surface area contributed by atoms with Gasteiger partial charge in [-0.25, -0.2) is 4.79 Å². The maximum atomic E-state index is 9.60. The Hall–Kier alpha value is -0.480. The first-order valence-corrected chi connectivity index (χ1v) is 4.01. The van der Waals surface area contributed by atoms with Crippen molar-refractivity contribution in [3.05, 3.63) is 0 Å². The first-order valence-electron chi connectivity index (χ1n) is 3.14. The number of carboxylic acid groups (broad SMARTS) is 2. The summed E-state index contributed by atoms with van der Waals surface area (Å²) in [5.74, 6) is -1.92. The molecule has 0 heterocycles. The predicted molar refractivity (Wildman–Crippen MR) is 45.7 cm³/mol. The van der Waals surface area contributed by atoms with E-state index in [1.807, 2.05) is 6.92 Å². The molecule has 0 atom stereocenters. The summed E-state index contributed by atoms with van der Waals surface area (Å²) in [5.41, 5.74) is 0. The lowest BCUT2D eigenvalue weighted by Crippen LogP contribution is -2.03. The van der Waals surface area contributed by atoms with Crippen LogP contribution >= 0.6 is 23.2 Å². The molecule has 12 heavy (non-hydrogen) atoms. The average Bonchev–Trinajstić information content (AvgIpc) is 1.87. The molecule has 72 valence electrons. The highest BCUT2D eigenvalue weighted by Crippen LogP contribution is 1.98. The molecule has 0 bridgehead atoms. The Bertz CT molecular complexity index is 146. The lowest BCUT2D eigenvalue weighted by Gasteiger charge is -1.84. The largest absolute Gasteiger partial charge is 0.481 e. The van der Waals surface area contributed by atoms with Gasteiger partial charge in [0.25, 0.3) is 0 Å². The van der Waals surface area contributed by atoms with Crippen LogP contribution in [-0.2, 0) is 9.59 Å². The maximum Gasteiger partial charge on any atom is 0.337 e. The van der Waals surface area contributed by atoms with E-state index in [2.05, 4.69) is 0 Å². The lowest BCUT2D eigenvalue weighted by atomic mass is 10.4. The molecule has 0 spiro atoms. The molecule has 6 heteroatoms. The Morgan fingerprint density at radius 1 is 1.33 bits per heavy atom. The van der Waals surface area contributed by atoms with Crippen LogP contribution in [0.3, 0.4) is 0 Å². The molecule has 0 aromatic heterocycles. The Kier molecular flexibility index (Phi) is 10.1. The van der Waals surface area contributed by atoms with Crippen LogP contribution in [0.4, 0.5) is 0 Å². The van der Waals surface area contributed by atoms with Crippen LogP contribution in [0.5, 0.6) is 0 Å². The number of carboxylic acids is 2. The number of halogens is 2. The van der Waals surface area contributed by atoms with Gasteiger partial charge >= 0.3 is 11.9 Å². The minimum Gasteiger partial charge on any atom is -0.481 e. The van der Waals surface area contributed by atoms with Crippen molar-refractivity contribution in [3.63, 3.8) is 0 Å². The molecule has 0 rings (SSSR count). The van der Waals surface area contributed by atoms with Gasteiger partial charge in [-0.2, -0.15) is 0 Å². The van der Waals surface area contributed by atoms with Crippen LogP contribution < -0.4 is 0 Å². The molecule has 0 unspecified atom stereocenters. The van der Waals surface area contributed by atoms with Crippen molar-refractivity contribution in [2.24, 2.45) is 0 Å². The molecule has 0 fully saturated rings. The van der Waals surface area contributed by atoms with Crippen molar-refractivity contribution >= 4 is 35.1 Å². The summed E-state index contributed by atoms with van der Waals surface area (Å²) in [7, 11) is 0. The number of aliphatic carboxylic acids is 2. The molecular formula is C6H10Cl2O4. The van der Waals surface area contributed by atoms with E-state index in [1.54, 1.807) is 0 Å². The van der Waals surface area contributed by atoms with Crippen LogP contribution in [-0.4, -0.2) is 27.0 Å². The molecule has 0 aromatic carbocycles. The van der Waals surface area contributed by atoms with Crippen LogP contribution in [0.1, 0.15) is 19.8 Å². The molecule has 0 aliphatic heterocycles. The van der Waals surface area contributed by atoms with Gasteiger partial charge in [0.05, 0.1) is 0 Å². The number of hydrogen-bond acceptors (Lipinski definition) is 2. The van der Waals surface area contributed by atoms with Gasteiger partial charge in [0.15, 0.2) is 0 Å². The molecule has 0 aromatic rings. The van der Waals surface area contributed by atoms with E-state index in [1.165, 1.54) is 0 Å².